The van der Waals surface area contributed by atoms with E-state index in [4.69, 9.17) is 9.90 Å². The summed E-state index contributed by atoms with van der Waals surface area (Å²) < 4.78 is 33.8. The lowest BCUT2D eigenvalue weighted by molar-refractivity contribution is -0.192. The fourth-order valence-corrected chi connectivity index (χ4v) is 2.62. The van der Waals surface area contributed by atoms with E-state index in [1.807, 2.05) is 23.6 Å². The highest BCUT2D eigenvalue weighted by Gasteiger charge is 2.38. The molecular formula is C16H20F3N5O3. The average Bonchev–Trinajstić information content (AvgIpc) is 2.88. The zero-order chi connectivity index (χ0) is 20.0. The third kappa shape index (κ3) is 6.00. The Bertz CT molecular complexity index is 779. The molecule has 11 heteroatoms. The molecule has 0 fully saturated rings. The quantitative estimate of drug-likeness (QED) is 0.815. The Balaban J connectivity index is 0.000000321. The molecule has 0 bridgehead atoms. The van der Waals surface area contributed by atoms with Crippen LogP contribution >= 0.6 is 0 Å². The molecule has 2 aromatic rings. The summed E-state index contributed by atoms with van der Waals surface area (Å²) in [5, 5.41) is 24.5. The molecule has 0 amide bonds. The molecule has 2 aromatic heterocycles. The SMILES string of the molecule is Cc1cccc(CN2CCc3nnc(CO)n3CC2)n1.O=C(O)C(F)(F)F. The van der Waals surface area contributed by atoms with Gasteiger partial charge >= 0.3 is 12.1 Å². The summed E-state index contributed by atoms with van der Waals surface area (Å²) in [6.45, 7) is 5.51. The van der Waals surface area contributed by atoms with Gasteiger partial charge in [-0.3, -0.25) is 9.88 Å². The maximum atomic E-state index is 10.6. The van der Waals surface area contributed by atoms with E-state index in [2.05, 4.69) is 26.1 Å². The van der Waals surface area contributed by atoms with Gasteiger partial charge < -0.3 is 14.8 Å². The zero-order valence-electron chi connectivity index (χ0n) is 14.6. The maximum absolute atomic E-state index is 10.6. The number of hydrogen-bond acceptors (Lipinski definition) is 6. The van der Waals surface area contributed by atoms with Crippen LogP contribution in [-0.4, -0.2) is 60.1 Å². The second kappa shape index (κ2) is 8.91. The molecule has 0 aliphatic carbocycles. The number of aliphatic carboxylic acids is 1. The molecule has 0 saturated carbocycles. The highest BCUT2D eigenvalue weighted by Crippen LogP contribution is 2.13. The van der Waals surface area contributed by atoms with Gasteiger partial charge in [-0.15, -0.1) is 10.2 Å². The van der Waals surface area contributed by atoms with Crippen molar-refractivity contribution < 1.29 is 28.2 Å². The number of carboxylic acid groups (broad SMARTS) is 1. The fraction of sp³-hybridized carbons (Fsp3) is 0.500. The molecule has 148 valence electrons. The average molecular weight is 387 g/mol. The lowest BCUT2D eigenvalue weighted by Gasteiger charge is -2.19. The summed E-state index contributed by atoms with van der Waals surface area (Å²) in [5.74, 6) is -1.13. The first kappa shape index (κ1) is 20.8. The Hall–Kier alpha value is -2.53. The van der Waals surface area contributed by atoms with Gasteiger partial charge in [-0.1, -0.05) is 6.07 Å². The van der Waals surface area contributed by atoms with Gasteiger partial charge in [0.1, 0.15) is 12.4 Å². The lowest BCUT2D eigenvalue weighted by atomic mass is 10.3. The number of alkyl halides is 3. The van der Waals surface area contributed by atoms with Gasteiger partial charge in [-0.2, -0.15) is 13.2 Å². The Morgan fingerprint density at radius 2 is 1.93 bits per heavy atom. The predicted octanol–water partition coefficient (Wildman–Crippen LogP) is 1.17. The number of fused-ring (bicyclic) bond motifs is 1. The van der Waals surface area contributed by atoms with Crippen LogP contribution in [0.5, 0.6) is 0 Å². The molecule has 8 nitrogen and oxygen atoms in total. The van der Waals surface area contributed by atoms with Crippen molar-refractivity contribution in [2.45, 2.75) is 39.2 Å². The molecule has 2 N–H and O–H groups in total. The van der Waals surface area contributed by atoms with Crippen molar-refractivity contribution in [3.8, 4) is 0 Å². The summed E-state index contributed by atoms with van der Waals surface area (Å²) in [6.07, 6.45) is -4.22. The van der Waals surface area contributed by atoms with Crippen LogP contribution in [0.3, 0.4) is 0 Å². The fourth-order valence-electron chi connectivity index (χ4n) is 2.62. The van der Waals surface area contributed by atoms with Crippen molar-refractivity contribution in [1.29, 1.82) is 0 Å². The van der Waals surface area contributed by atoms with E-state index in [0.29, 0.717) is 5.82 Å². The van der Waals surface area contributed by atoms with Crippen molar-refractivity contribution >= 4 is 5.97 Å². The van der Waals surface area contributed by atoms with Gasteiger partial charge in [0.2, 0.25) is 0 Å². The van der Waals surface area contributed by atoms with Gasteiger partial charge in [-0.05, 0) is 19.1 Å². The maximum Gasteiger partial charge on any atom is 0.490 e. The van der Waals surface area contributed by atoms with E-state index in [0.717, 1.165) is 49.8 Å². The van der Waals surface area contributed by atoms with E-state index in [9.17, 15) is 18.3 Å². The number of rotatable bonds is 3. The van der Waals surface area contributed by atoms with Crippen LogP contribution in [0.1, 0.15) is 23.0 Å². The number of pyridine rings is 1. The van der Waals surface area contributed by atoms with Gasteiger partial charge in [-0.25, -0.2) is 4.79 Å². The van der Waals surface area contributed by atoms with Crippen molar-refractivity contribution in [3.63, 3.8) is 0 Å². The Morgan fingerprint density at radius 3 is 2.52 bits per heavy atom. The predicted molar refractivity (Wildman–Crippen MR) is 87.6 cm³/mol. The van der Waals surface area contributed by atoms with Crippen LogP contribution in [-0.2, 0) is 30.9 Å². The van der Waals surface area contributed by atoms with E-state index in [1.165, 1.54) is 0 Å². The number of carbonyl (C=O) groups is 1. The Labute approximate surface area is 153 Å². The summed E-state index contributed by atoms with van der Waals surface area (Å²) in [6, 6.07) is 6.13. The van der Waals surface area contributed by atoms with Gasteiger partial charge in [0.05, 0.1) is 5.69 Å². The van der Waals surface area contributed by atoms with Crippen molar-refractivity contribution in [3.05, 3.63) is 41.2 Å². The third-order valence-electron chi connectivity index (χ3n) is 3.91. The van der Waals surface area contributed by atoms with E-state index in [-0.39, 0.29) is 6.61 Å². The molecular weight excluding hydrogens is 367 g/mol. The van der Waals surface area contributed by atoms with Crippen molar-refractivity contribution in [2.24, 2.45) is 0 Å². The smallest absolute Gasteiger partial charge is 0.475 e. The first-order valence-electron chi connectivity index (χ1n) is 8.17. The number of halogens is 3. The molecule has 0 saturated heterocycles. The van der Waals surface area contributed by atoms with Crippen LogP contribution in [0.2, 0.25) is 0 Å². The number of aliphatic hydroxyl groups is 1. The lowest BCUT2D eigenvalue weighted by Crippen LogP contribution is -2.27. The number of nitrogens with zero attached hydrogens (tertiary/aromatic N) is 5. The highest BCUT2D eigenvalue weighted by molar-refractivity contribution is 5.73. The highest BCUT2D eigenvalue weighted by atomic mass is 19.4. The second-order valence-electron chi connectivity index (χ2n) is 5.94. The molecule has 3 rings (SSSR count). The van der Waals surface area contributed by atoms with E-state index in [1.54, 1.807) is 0 Å². The molecule has 0 unspecified atom stereocenters. The number of aryl methyl sites for hydroxylation is 1. The molecule has 0 radical (unpaired) electrons. The van der Waals surface area contributed by atoms with Crippen molar-refractivity contribution in [2.75, 3.05) is 13.1 Å². The first-order valence-corrected chi connectivity index (χ1v) is 8.17. The van der Waals surface area contributed by atoms with Crippen LogP contribution < -0.4 is 0 Å². The summed E-state index contributed by atoms with van der Waals surface area (Å²) in [4.78, 5) is 15.8. The monoisotopic (exact) mass is 387 g/mol. The zero-order valence-corrected chi connectivity index (χ0v) is 14.6. The van der Waals surface area contributed by atoms with Crippen LogP contribution in [0.25, 0.3) is 0 Å². The standard InChI is InChI=1S/C14H19N5O.C2HF3O2/c1-11-3-2-4-12(15-11)9-18-6-5-13-16-17-14(10-20)19(13)8-7-18;3-2(4,5)1(6)7/h2-4,20H,5-10H2,1H3;(H,6,7). The number of aliphatic hydroxyl groups excluding tert-OH is 1. The summed E-state index contributed by atoms with van der Waals surface area (Å²) in [5.41, 5.74) is 2.15. The topological polar surface area (TPSA) is 104 Å². The largest absolute Gasteiger partial charge is 0.490 e. The Kier molecular flexibility index (Phi) is 6.86. The first-order chi connectivity index (χ1) is 12.7. The number of hydrogen-bond donors (Lipinski definition) is 2. The number of carboxylic acids is 1. The minimum Gasteiger partial charge on any atom is -0.475 e. The molecule has 1 aliphatic rings. The minimum atomic E-state index is -5.08. The normalized spacial score (nSPS) is 14.7. The summed E-state index contributed by atoms with van der Waals surface area (Å²) in [7, 11) is 0. The molecule has 0 atom stereocenters. The van der Waals surface area contributed by atoms with Crippen LogP contribution in [0, 0.1) is 6.92 Å². The molecule has 1 aliphatic heterocycles. The third-order valence-corrected chi connectivity index (χ3v) is 3.91. The van der Waals surface area contributed by atoms with Gasteiger partial charge in [0.25, 0.3) is 0 Å². The molecule has 0 spiro atoms. The molecule has 0 aromatic carbocycles. The van der Waals surface area contributed by atoms with E-state index < -0.39 is 12.1 Å². The van der Waals surface area contributed by atoms with Gasteiger partial charge in [0.15, 0.2) is 5.82 Å². The number of aromatic nitrogens is 4. The summed E-state index contributed by atoms with van der Waals surface area (Å²) >= 11 is 0. The van der Waals surface area contributed by atoms with Crippen LogP contribution in [0.4, 0.5) is 13.2 Å². The second-order valence-corrected chi connectivity index (χ2v) is 5.94. The van der Waals surface area contributed by atoms with E-state index >= 15 is 0 Å². The van der Waals surface area contributed by atoms with Crippen molar-refractivity contribution in [1.82, 2.24) is 24.6 Å². The molecule has 27 heavy (non-hydrogen) atoms. The minimum absolute atomic E-state index is 0.0492. The Morgan fingerprint density at radius 1 is 1.22 bits per heavy atom. The van der Waals surface area contributed by atoms with Crippen LogP contribution in [0.15, 0.2) is 18.2 Å². The van der Waals surface area contributed by atoms with Gasteiger partial charge in [0, 0.05) is 38.3 Å². The molecule has 3 heterocycles.